The Kier molecular flexibility index (Phi) is 3.91. The fourth-order valence-electron chi connectivity index (χ4n) is 2.64. The van der Waals surface area contributed by atoms with E-state index in [0.717, 1.165) is 24.3 Å². The monoisotopic (exact) mass is 250 g/mol. The van der Waals surface area contributed by atoms with Crippen molar-refractivity contribution in [2.24, 2.45) is 5.92 Å². The molecule has 1 heterocycles. The van der Waals surface area contributed by atoms with Gasteiger partial charge in [0, 0.05) is 25.2 Å². The zero-order valence-electron chi connectivity index (χ0n) is 11.7. The third-order valence-electron chi connectivity index (χ3n) is 3.73. The third kappa shape index (κ3) is 2.66. The lowest BCUT2D eigenvalue weighted by Gasteiger charge is -2.43. The van der Waals surface area contributed by atoms with Crippen molar-refractivity contribution in [1.29, 1.82) is 0 Å². The van der Waals surface area contributed by atoms with Crippen LogP contribution in [0.5, 0.6) is 0 Å². The highest BCUT2D eigenvalue weighted by Crippen LogP contribution is 2.27. The summed E-state index contributed by atoms with van der Waals surface area (Å²) >= 11 is 0. The molecule has 0 aliphatic carbocycles. The molecule has 2 unspecified atom stereocenters. The van der Waals surface area contributed by atoms with Gasteiger partial charge in [-0.05, 0) is 37.5 Å². The van der Waals surface area contributed by atoms with Crippen LogP contribution in [0.4, 0.5) is 10.1 Å². The Bertz CT molecular complexity index is 417. The number of nitrogens with zero attached hydrogens (tertiary/aromatic N) is 1. The molecular formula is C15H23FN2. The number of benzene rings is 1. The highest BCUT2D eigenvalue weighted by molar-refractivity contribution is 5.51. The van der Waals surface area contributed by atoms with E-state index in [-0.39, 0.29) is 5.82 Å². The van der Waals surface area contributed by atoms with E-state index in [1.54, 1.807) is 6.07 Å². The lowest BCUT2D eigenvalue weighted by Crippen LogP contribution is -2.57. The van der Waals surface area contributed by atoms with Crippen molar-refractivity contribution in [1.82, 2.24) is 5.32 Å². The van der Waals surface area contributed by atoms with Crippen molar-refractivity contribution < 1.29 is 4.39 Å². The van der Waals surface area contributed by atoms with Gasteiger partial charge in [0.05, 0.1) is 5.69 Å². The van der Waals surface area contributed by atoms with Gasteiger partial charge in [0.2, 0.25) is 0 Å². The molecule has 2 rings (SSSR count). The summed E-state index contributed by atoms with van der Waals surface area (Å²) in [6.45, 7) is 10.3. The van der Waals surface area contributed by atoms with Crippen LogP contribution in [0.1, 0.15) is 26.3 Å². The zero-order chi connectivity index (χ0) is 13.3. The number of rotatable bonds is 2. The van der Waals surface area contributed by atoms with Gasteiger partial charge in [-0.15, -0.1) is 0 Å². The molecule has 0 aromatic heterocycles. The average molecular weight is 250 g/mol. The normalized spacial score (nSPS) is 24.7. The molecule has 2 nitrogen and oxygen atoms in total. The number of hydrogen-bond acceptors (Lipinski definition) is 2. The van der Waals surface area contributed by atoms with Crippen LogP contribution in [0, 0.1) is 18.7 Å². The van der Waals surface area contributed by atoms with Crippen molar-refractivity contribution in [3.8, 4) is 0 Å². The van der Waals surface area contributed by atoms with Gasteiger partial charge in [0.15, 0.2) is 0 Å². The Hall–Kier alpha value is -1.09. The van der Waals surface area contributed by atoms with Crippen LogP contribution in [-0.2, 0) is 0 Å². The van der Waals surface area contributed by atoms with Crippen LogP contribution in [0.3, 0.4) is 0 Å². The predicted molar refractivity (Wildman–Crippen MR) is 74.6 cm³/mol. The lowest BCUT2D eigenvalue weighted by molar-refractivity contribution is 0.346. The van der Waals surface area contributed by atoms with E-state index in [9.17, 15) is 4.39 Å². The first-order valence-corrected chi connectivity index (χ1v) is 6.75. The van der Waals surface area contributed by atoms with Crippen molar-refractivity contribution >= 4 is 5.69 Å². The van der Waals surface area contributed by atoms with Crippen LogP contribution in [0.15, 0.2) is 18.2 Å². The summed E-state index contributed by atoms with van der Waals surface area (Å²) in [5, 5.41) is 3.48. The SMILES string of the molecule is Cc1ccc(N2CC(C)NCC2C(C)C)c(F)c1. The molecule has 0 saturated carbocycles. The number of anilines is 1. The second kappa shape index (κ2) is 5.27. The van der Waals surface area contributed by atoms with Gasteiger partial charge in [-0.2, -0.15) is 0 Å². The molecule has 1 aromatic rings. The molecule has 3 heteroatoms. The summed E-state index contributed by atoms with van der Waals surface area (Å²) < 4.78 is 14.1. The molecule has 2 atom stereocenters. The summed E-state index contributed by atoms with van der Waals surface area (Å²) in [5.74, 6) is 0.403. The molecule has 18 heavy (non-hydrogen) atoms. The standard InChI is InChI=1S/C15H23FN2/c1-10(2)15-8-17-12(4)9-18(15)14-6-5-11(3)7-13(14)16/h5-7,10,12,15,17H,8-9H2,1-4H3. The minimum Gasteiger partial charge on any atom is -0.363 e. The minimum absolute atomic E-state index is 0.102. The number of aryl methyl sites for hydroxylation is 1. The molecule has 100 valence electrons. The maximum atomic E-state index is 14.1. The Morgan fingerprint density at radius 3 is 2.72 bits per heavy atom. The molecular weight excluding hydrogens is 227 g/mol. The number of nitrogens with one attached hydrogen (secondary N) is 1. The van der Waals surface area contributed by atoms with Gasteiger partial charge in [-0.1, -0.05) is 19.9 Å². The van der Waals surface area contributed by atoms with E-state index in [1.807, 2.05) is 19.1 Å². The summed E-state index contributed by atoms with van der Waals surface area (Å²) in [4.78, 5) is 2.22. The zero-order valence-corrected chi connectivity index (χ0v) is 11.7. The quantitative estimate of drug-likeness (QED) is 0.868. The molecule has 1 fully saturated rings. The maximum Gasteiger partial charge on any atom is 0.146 e. The van der Waals surface area contributed by atoms with Gasteiger partial charge < -0.3 is 10.2 Å². The molecule has 0 spiro atoms. The predicted octanol–water partition coefficient (Wildman–Crippen LogP) is 2.96. The van der Waals surface area contributed by atoms with E-state index < -0.39 is 0 Å². The van der Waals surface area contributed by atoms with Crippen LogP contribution in [-0.4, -0.2) is 25.2 Å². The summed E-state index contributed by atoms with van der Waals surface area (Å²) in [7, 11) is 0. The van der Waals surface area contributed by atoms with Crippen molar-refractivity contribution in [2.45, 2.75) is 39.8 Å². The van der Waals surface area contributed by atoms with E-state index in [2.05, 4.69) is 31.0 Å². The van der Waals surface area contributed by atoms with Gasteiger partial charge >= 0.3 is 0 Å². The van der Waals surface area contributed by atoms with Crippen molar-refractivity contribution in [2.75, 3.05) is 18.0 Å². The first-order chi connectivity index (χ1) is 8.49. The summed E-state index contributed by atoms with van der Waals surface area (Å²) in [6, 6.07) is 6.29. The van der Waals surface area contributed by atoms with Crippen LogP contribution < -0.4 is 10.2 Å². The molecule has 1 aliphatic heterocycles. The highest BCUT2D eigenvalue weighted by atomic mass is 19.1. The van der Waals surface area contributed by atoms with Crippen molar-refractivity contribution in [3.63, 3.8) is 0 Å². The van der Waals surface area contributed by atoms with E-state index in [1.165, 1.54) is 0 Å². The molecule has 1 saturated heterocycles. The molecule has 1 aliphatic rings. The minimum atomic E-state index is -0.102. The van der Waals surface area contributed by atoms with E-state index in [4.69, 9.17) is 0 Å². The Morgan fingerprint density at radius 1 is 1.39 bits per heavy atom. The Labute approximate surface area is 109 Å². The molecule has 1 aromatic carbocycles. The second-order valence-electron chi connectivity index (χ2n) is 5.73. The highest BCUT2D eigenvalue weighted by Gasteiger charge is 2.29. The number of halogens is 1. The molecule has 0 amide bonds. The van der Waals surface area contributed by atoms with Gasteiger partial charge in [0.1, 0.15) is 5.82 Å². The maximum absolute atomic E-state index is 14.1. The van der Waals surface area contributed by atoms with E-state index >= 15 is 0 Å². The van der Waals surface area contributed by atoms with Gasteiger partial charge in [0.25, 0.3) is 0 Å². The van der Waals surface area contributed by atoms with Crippen LogP contribution >= 0.6 is 0 Å². The molecule has 0 bridgehead atoms. The summed E-state index contributed by atoms with van der Waals surface area (Å²) in [6.07, 6.45) is 0. The largest absolute Gasteiger partial charge is 0.363 e. The van der Waals surface area contributed by atoms with E-state index in [0.29, 0.717) is 18.0 Å². The van der Waals surface area contributed by atoms with Crippen molar-refractivity contribution in [3.05, 3.63) is 29.6 Å². The molecule has 0 radical (unpaired) electrons. The second-order valence-corrected chi connectivity index (χ2v) is 5.73. The molecule has 1 N–H and O–H groups in total. The van der Waals surface area contributed by atoms with Crippen LogP contribution in [0.2, 0.25) is 0 Å². The Morgan fingerprint density at radius 2 is 2.11 bits per heavy atom. The average Bonchev–Trinajstić information content (AvgIpc) is 2.28. The topological polar surface area (TPSA) is 15.3 Å². The lowest BCUT2D eigenvalue weighted by atomic mass is 9.97. The number of piperazine rings is 1. The Balaban J connectivity index is 2.32. The smallest absolute Gasteiger partial charge is 0.146 e. The van der Waals surface area contributed by atoms with Crippen LogP contribution in [0.25, 0.3) is 0 Å². The van der Waals surface area contributed by atoms with Gasteiger partial charge in [-0.3, -0.25) is 0 Å². The number of hydrogen-bond donors (Lipinski definition) is 1. The fraction of sp³-hybridized carbons (Fsp3) is 0.600. The first kappa shape index (κ1) is 13.3. The first-order valence-electron chi connectivity index (χ1n) is 6.75. The summed E-state index contributed by atoms with van der Waals surface area (Å²) in [5.41, 5.74) is 1.72. The fourth-order valence-corrected chi connectivity index (χ4v) is 2.64. The third-order valence-corrected chi connectivity index (χ3v) is 3.73. The van der Waals surface area contributed by atoms with Gasteiger partial charge in [-0.25, -0.2) is 4.39 Å².